The molecule has 0 aliphatic heterocycles. The summed E-state index contributed by atoms with van der Waals surface area (Å²) in [5, 5.41) is 8.36. The van der Waals surface area contributed by atoms with Crippen LogP contribution in [0.4, 0.5) is 9.59 Å². The number of alkyl carbamates (subject to hydrolysis) is 1. The average Bonchev–Trinajstić information content (AvgIpc) is 3.38. The van der Waals surface area contributed by atoms with Crippen LogP contribution in [0.2, 0.25) is 0 Å². The maximum Gasteiger partial charge on any atom is 0.409 e. The highest BCUT2D eigenvalue weighted by Gasteiger charge is 2.30. The predicted molar refractivity (Wildman–Crippen MR) is 182 cm³/mol. The minimum atomic E-state index is -0.846. The lowest BCUT2D eigenvalue weighted by Gasteiger charge is -2.22. The van der Waals surface area contributed by atoms with Crippen LogP contribution in [0.1, 0.15) is 62.8 Å². The lowest BCUT2D eigenvalue weighted by molar-refractivity contribution is -0.132. The van der Waals surface area contributed by atoms with Gasteiger partial charge in [0, 0.05) is 26.7 Å². The van der Waals surface area contributed by atoms with Gasteiger partial charge in [-0.3, -0.25) is 9.59 Å². The zero-order valence-electron chi connectivity index (χ0n) is 28.1. The molecule has 4 rings (SSSR count). The molecule has 11 nitrogen and oxygen atoms in total. The monoisotopic (exact) mass is 658 g/mol. The topological polar surface area (TPSA) is 135 Å². The van der Waals surface area contributed by atoms with Gasteiger partial charge in [0.2, 0.25) is 11.8 Å². The molecule has 3 aromatic carbocycles. The van der Waals surface area contributed by atoms with Crippen LogP contribution in [0.5, 0.6) is 0 Å². The highest BCUT2D eigenvalue weighted by Crippen LogP contribution is 2.44. The number of unbranched alkanes of at least 4 members (excludes halogenated alkanes) is 1. The summed E-state index contributed by atoms with van der Waals surface area (Å²) in [7, 11) is 1.59. The molecule has 48 heavy (non-hydrogen) atoms. The van der Waals surface area contributed by atoms with Crippen LogP contribution in [0.3, 0.4) is 0 Å². The molecular formula is C37H46N4O7. The maximum atomic E-state index is 13.3. The van der Waals surface area contributed by atoms with E-state index in [9.17, 15) is 19.2 Å². The molecule has 0 heterocycles. The fourth-order valence-electron chi connectivity index (χ4n) is 5.32. The number of amides is 4. The van der Waals surface area contributed by atoms with E-state index in [-0.39, 0.29) is 32.2 Å². The first-order chi connectivity index (χ1) is 23.0. The van der Waals surface area contributed by atoms with Crippen molar-refractivity contribution >= 4 is 24.0 Å². The number of hydrogen-bond acceptors (Lipinski definition) is 7. The number of benzene rings is 3. The normalized spacial score (nSPS) is 12.7. The third kappa shape index (κ3) is 10.8. The van der Waals surface area contributed by atoms with E-state index in [2.05, 4.69) is 16.0 Å². The number of ether oxygens (including phenoxy) is 3. The van der Waals surface area contributed by atoms with Crippen molar-refractivity contribution < 1.29 is 33.4 Å². The number of likely N-dealkylation sites (N-methyl/N-ethyl adjacent to an activating group) is 1. The molecule has 0 aromatic heterocycles. The Morgan fingerprint density at radius 1 is 0.812 bits per heavy atom. The molecule has 0 spiro atoms. The summed E-state index contributed by atoms with van der Waals surface area (Å²) in [6.07, 6.45) is 0.0286. The van der Waals surface area contributed by atoms with E-state index >= 15 is 0 Å². The van der Waals surface area contributed by atoms with Crippen molar-refractivity contribution in [3.8, 4) is 11.1 Å². The number of carbonyl (C=O) groups excluding carboxylic acids is 4. The van der Waals surface area contributed by atoms with E-state index in [0.29, 0.717) is 25.8 Å². The van der Waals surface area contributed by atoms with Gasteiger partial charge in [-0.2, -0.15) is 0 Å². The summed E-state index contributed by atoms with van der Waals surface area (Å²) < 4.78 is 16.7. The molecule has 256 valence electrons. The number of carbonyl (C=O) groups is 4. The second-order valence-electron chi connectivity index (χ2n) is 12.7. The average molecular weight is 659 g/mol. The quantitative estimate of drug-likeness (QED) is 0.188. The van der Waals surface area contributed by atoms with E-state index in [4.69, 9.17) is 14.2 Å². The Labute approximate surface area is 282 Å². The van der Waals surface area contributed by atoms with Crippen LogP contribution in [-0.2, 0) is 30.4 Å². The molecule has 1 aliphatic rings. The highest BCUT2D eigenvalue weighted by atomic mass is 16.6. The molecule has 0 fully saturated rings. The summed E-state index contributed by atoms with van der Waals surface area (Å²) in [6, 6.07) is 24.4. The standard InChI is InChI=1S/C37H46N4O7/c1-37(2,3)48-35(44)39-21-13-12-20-31(34(43)38-22-23-41(4)36(45)47-24-26-14-6-5-7-15-26)40-32(42)25-46-33-29-18-10-8-16-27(29)28-17-9-11-19-30(28)33/h5-11,14-19,31,33H,12-13,20-25H2,1-4H3,(H,38,43)(H,39,44)(H,40,42)/t31-/m0/s1. The summed E-state index contributed by atoms with van der Waals surface area (Å²) in [6.45, 7) is 6.00. The van der Waals surface area contributed by atoms with E-state index in [0.717, 1.165) is 27.8 Å². The van der Waals surface area contributed by atoms with E-state index < -0.39 is 35.8 Å². The number of nitrogens with zero attached hydrogens (tertiary/aromatic N) is 1. The molecule has 0 bridgehead atoms. The maximum absolute atomic E-state index is 13.3. The second kappa shape index (κ2) is 17.3. The van der Waals surface area contributed by atoms with Crippen molar-refractivity contribution in [3.05, 3.63) is 95.6 Å². The number of nitrogens with one attached hydrogen (secondary N) is 3. The highest BCUT2D eigenvalue weighted by molar-refractivity contribution is 5.88. The lowest BCUT2D eigenvalue weighted by Crippen LogP contribution is -2.49. The first-order valence-corrected chi connectivity index (χ1v) is 16.3. The molecule has 1 atom stereocenters. The number of hydrogen-bond donors (Lipinski definition) is 3. The van der Waals surface area contributed by atoms with Gasteiger partial charge < -0.3 is 35.1 Å². The summed E-state index contributed by atoms with van der Waals surface area (Å²) in [4.78, 5) is 52.2. The Hall–Kier alpha value is -4.90. The van der Waals surface area contributed by atoms with Crippen molar-refractivity contribution in [2.24, 2.45) is 0 Å². The third-order valence-electron chi connectivity index (χ3n) is 7.66. The molecule has 11 heteroatoms. The summed E-state index contributed by atoms with van der Waals surface area (Å²) in [5.74, 6) is -0.809. The van der Waals surface area contributed by atoms with Gasteiger partial charge in [-0.25, -0.2) is 9.59 Å². The van der Waals surface area contributed by atoms with Gasteiger partial charge in [-0.15, -0.1) is 0 Å². The SMILES string of the molecule is CN(CCNC(=O)[C@H](CCCCNC(=O)OC(C)(C)C)NC(=O)COC1c2ccccc2-c2ccccc21)C(=O)OCc1ccccc1. The fourth-order valence-corrected chi connectivity index (χ4v) is 5.32. The Morgan fingerprint density at radius 2 is 1.44 bits per heavy atom. The largest absolute Gasteiger partial charge is 0.445 e. The Morgan fingerprint density at radius 3 is 2.08 bits per heavy atom. The Bertz CT molecular complexity index is 1490. The number of fused-ring (bicyclic) bond motifs is 3. The van der Waals surface area contributed by atoms with Crippen molar-refractivity contribution in [3.63, 3.8) is 0 Å². The van der Waals surface area contributed by atoms with E-state index in [1.807, 2.05) is 78.9 Å². The molecule has 1 aliphatic carbocycles. The smallest absolute Gasteiger partial charge is 0.409 e. The van der Waals surface area contributed by atoms with Gasteiger partial charge in [-0.05, 0) is 67.9 Å². The second-order valence-corrected chi connectivity index (χ2v) is 12.7. The Kier molecular flexibility index (Phi) is 13.0. The minimum absolute atomic E-state index is 0.146. The van der Waals surface area contributed by atoms with E-state index in [1.165, 1.54) is 4.90 Å². The van der Waals surface area contributed by atoms with E-state index in [1.54, 1.807) is 27.8 Å². The van der Waals surface area contributed by atoms with Crippen LogP contribution < -0.4 is 16.0 Å². The van der Waals surface area contributed by atoms with Gasteiger partial charge in [0.1, 0.15) is 31.0 Å². The van der Waals surface area contributed by atoms with Gasteiger partial charge in [-0.1, -0.05) is 78.9 Å². The van der Waals surface area contributed by atoms with Gasteiger partial charge in [0.25, 0.3) is 0 Å². The molecule has 4 amide bonds. The molecule has 0 saturated carbocycles. The minimum Gasteiger partial charge on any atom is -0.445 e. The molecule has 3 N–H and O–H groups in total. The van der Waals surface area contributed by atoms with Crippen LogP contribution in [0, 0.1) is 0 Å². The summed E-state index contributed by atoms with van der Waals surface area (Å²) in [5.41, 5.74) is 4.40. The molecule has 0 saturated heterocycles. The van der Waals surface area contributed by atoms with Crippen molar-refractivity contribution in [1.82, 2.24) is 20.9 Å². The Balaban J connectivity index is 1.29. The molecular weight excluding hydrogens is 612 g/mol. The molecule has 0 unspecified atom stereocenters. The first kappa shape index (κ1) is 35.9. The predicted octanol–water partition coefficient (Wildman–Crippen LogP) is 5.34. The molecule has 0 radical (unpaired) electrons. The zero-order chi connectivity index (χ0) is 34.5. The van der Waals surface area contributed by atoms with Gasteiger partial charge in [0.05, 0.1) is 0 Å². The van der Waals surface area contributed by atoms with Crippen LogP contribution >= 0.6 is 0 Å². The fraction of sp³-hybridized carbons (Fsp3) is 0.405. The third-order valence-corrected chi connectivity index (χ3v) is 7.66. The zero-order valence-corrected chi connectivity index (χ0v) is 28.1. The first-order valence-electron chi connectivity index (χ1n) is 16.3. The van der Waals surface area contributed by atoms with Crippen LogP contribution in [-0.4, -0.2) is 73.8 Å². The van der Waals surface area contributed by atoms with Crippen LogP contribution in [0.15, 0.2) is 78.9 Å². The summed E-state index contributed by atoms with van der Waals surface area (Å²) >= 11 is 0. The van der Waals surface area contributed by atoms with Crippen molar-refractivity contribution in [2.75, 3.05) is 33.3 Å². The number of rotatable bonds is 15. The lowest BCUT2D eigenvalue weighted by atomic mass is 10.1. The molecule has 3 aromatic rings. The van der Waals surface area contributed by atoms with Crippen molar-refractivity contribution in [1.29, 1.82) is 0 Å². The van der Waals surface area contributed by atoms with Gasteiger partial charge >= 0.3 is 12.2 Å². The van der Waals surface area contributed by atoms with Gasteiger partial charge in [0.15, 0.2) is 0 Å². The van der Waals surface area contributed by atoms with Crippen molar-refractivity contribution in [2.45, 2.75) is 64.4 Å². The van der Waals surface area contributed by atoms with Crippen LogP contribution in [0.25, 0.3) is 11.1 Å².